The Balaban J connectivity index is 2.16. The van der Waals surface area contributed by atoms with Gasteiger partial charge in [-0.3, -0.25) is 9.59 Å². The fourth-order valence-electron chi connectivity index (χ4n) is 1.15. The number of carbonyl (C=O) groups excluding carboxylic acids is 1. The highest BCUT2D eigenvalue weighted by atomic mass is 16.5. The molecule has 0 heterocycles. The number of carboxylic acid groups (broad SMARTS) is 1. The molecule has 0 aliphatic heterocycles. The van der Waals surface area contributed by atoms with Crippen molar-refractivity contribution in [1.82, 2.24) is 0 Å². The highest BCUT2D eigenvalue weighted by Crippen LogP contribution is 2.39. The molecule has 1 saturated carbocycles. The van der Waals surface area contributed by atoms with Crippen molar-refractivity contribution in [2.45, 2.75) is 26.2 Å². The second-order valence-electron chi connectivity index (χ2n) is 3.31. The van der Waals surface area contributed by atoms with E-state index in [4.69, 9.17) is 9.84 Å². The quantitative estimate of drug-likeness (QED) is 0.515. The lowest BCUT2D eigenvalue weighted by Crippen LogP contribution is -2.11. The first-order valence-corrected chi connectivity index (χ1v) is 4.56. The number of aliphatic carboxylic acids is 1. The van der Waals surface area contributed by atoms with E-state index in [-0.39, 0.29) is 11.9 Å². The number of esters is 1. The monoisotopic (exact) mass is 186 g/mol. The number of carboxylic acids is 1. The molecule has 1 aliphatic carbocycles. The predicted octanol–water partition coefficient (Wildman–Crippen LogP) is 1.05. The van der Waals surface area contributed by atoms with Crippen LogP contribution < -0.4 is 0 Å². The van der Waals surface area contributed by atoms with Gasteiger partial charge in [-0.15, -0.1) is 0 Å². The van der Waals surface area contributed by atoms with E-state index in [2.05, 4.69) is 0 Å². The van der Waals surface area contributed by atoms with E-state index in [9.17, 15) is 9.59 Å². The van der Waals surface area contributed by atoms with E-state index < -0.39 is 11.9 Å². The SMILES string of the molecule is CCCCOC(=O)[C@@H]1C[C@H]1C(=O)O. The summed E-state index contributed by atoms with van der Waals surface area (Å²) in [6, 6.07) is 0. The van der Waals surface area contributed by atoms with Gasteiger partial charge in [-0.05, 0) is 12.8 Å². The zero-order valence-electron chi connectivity index (χ0n) is 7.66. The van der Waals surface area contributed by atoms with Crippen LogP contribution in [-0.2, 0) is 14.3 Å². The molecular formula is C9H14O4. The molecule has 1 fully saturated rings. The fourth-order valence-corrected chi connectivity index (χ4v) is 1.15. The summed E-state index contributed by atoms with van der Waals surface area (Å²) in [5.74, 6) is -2.11. The van der Waals surface area contributed by atoms with Crippen LogP contribution in [-0.4, -0.2) is 23.7 Å². The van der Waals surface area contributed by atoms with Crippen molar-refractivity contribution in [3.63, 3.8) is 0 Å². The average Bonchev–Trinajstić information content (AvgIpc) is 2.83. The summed E-state index contributed by atoms with van der Waals surface area (Å²) in [6.07, 6.45) is 2.26. The third-order valence-electron chi connectivity index (χ3n) is 2.15. The van der Waals surface area contributed by atoms with Crippen molar-refractivity contribution in [2.75, 3.05) is 6.61 Å². The van der Waals surface area contributed by atoms with Crippen LogP contribution in [0.3, 0.4) is 0 Å². The summed E-state index contributed by atoms with van der Waals surface area (Å²) >= 11 is 0. The molecule has 0 aromatic heterocycles. The predicted molar refractivity (Wildman–Crippen MR) is 45.1 cm³/mol. The van der Waals surface area contributed by atoms with Crippen LogP contribution in [0.4, 0.5) is 0 Å². The maximum Gasteiger partial charge on any atom is 0.309 e. The Bertz CT molecular complexity index is 212. The van der Waals surface area contributed by atoms with E-state index in [1.807, 2.05) is 6.92 Å². The zero-order chi connectivity index (χ0) is 9.84. The molecule has 0 saturated heterocycles. The molecule has 0 amide bonds. The number of unbranched alkanes of at least 4 members (excludes halogenated alkanes) is 1. The Morgan fingerprint density at radius 2 is 2.15 bits per heavy atom. The summed E-state index contributed by atoms with van der Waals surface area (Å²) in [7, 11) is 0. The molecule has 0 bridgehead atoms. The second kappa shape index (κ2) is 4.25. The standard InChI is InChI=1S/C9H14O4/c1-2-3-4-13-9(12)7-5-6(7)8(10)11/h6-7H,2-5H2,1H3,(H,10,11)/t6-,7-/m1/s1. The van der Waals surface area contributed by atoms with Gasteiger partial charge in [0.1, 0.15) is 0 Å². The van der Waals surface area contributed by atoms with E-state index in [1.54, 1.807) is 0 Å². The molecule has 1 rings (SSSR count). The minimum Gasteiger partial charge on any atom is -0.481 e. The lowest BCUT2D eigenvalue weighted by atomic mass is 10.3. The van der Waals surface area contributed by atoms with E-state index in [0.717, 1.165) is 12.8 Å². The third-order valence-corrected chi connectivity index (χ3v) is 2.15. The van der Waals surface area contributed by atoms with Gasteiger partial charge >= 0.3 is 11.9 Å². The van der Waals surface area contributed by atoms with Gasteiger partial charge in [0.15, 0.2) is 0 Å². The Kier molecular flexibility index (Phi) is 3.28. The van der Waals surface area contributed by atoms with Crippen molar-refractivity contribution in [2.24, 2.45) is 11.8 Å². The van der Waals surface area contributed by atoms with Crippen molar-refractivity contribution in [3.8, 4) is 0 Å². The summed E-state index contributed by atoms with van der Waals surface area (Å²) in [4.78, 5) is 21.5. The first-order valence-electron chi connectivity index (χ1n) is 4.56. The minimum atomic E-state index is -0.891. The number of carbonyl (C=O) groups is 2. The average molecular weight is 186 g/mol. The molecule has 4 heteroatoms. The molecule has 1 aliphatic rings. The lowest BCUT2D eigenvalue weighted by Gasteiger charge is -2.01. The van der Waals surface area contributed by atoms with Crippen LogP contribution in [0.2, 0.25) is 0 Å². The molecule has 0 aromatic rings. The van der Waals surface area contributed by atoms with Crippen LogP contribution in [0.5, 0.6) is 0 Å². The van der Waals surface area contributed by atoms with Gasteiger partial charge in [-0.2, -0.15) is 0 Å². The molecule has 74 valence electrons. The van der Waals surface area contributed by atoms with Gasteiger partial charge in [0, 0.05) is 0 Å². The van der Waals surface area contributed by atoms with Crippen molar-refractivity contribution in [1.29, 1.82) is 0 Å². The number of rotatable bonds is 5. The molecule has 0 aromatic carbocycles. The topological polar surface area (TPSA) is 63.6 Å². The molecule has 0 spiro atoms. The summed E-state index contributed by atoms with van der Waals surface area (Å²) < 4.78 is 4.88. The molecule has 0 radical (unpaired) electrons. The first kappa shape index (κ1) is 10.0. The maximum absolute atomic E-state index is 11.1. The van der Waals surface area contributed by atoms with Gasteiger partial charge < -0.3 is 9.84 Å². The maximum atomic E-state index is 11.1. The smallest absolute Gasteiger partial charge is 0.309 e. The van der Waals surface area contributed by atoms with E-state index in [1.165, 1.54) is 0 Å². The van der Waals surface area contributed by atoms with Crippen molar-refractivity contribution < 1.29 is 19.4 Å². The highest BCUT2D eigenvalue weighted by molar-refractivity contribution is 5.86. The van der Waals surface area contributed by atoms with E-state index in [0.29, 0.717) is 13.0 Å². The molecule has 0 unspecified atom stereocenters. The molecular weight excluding hydrogens is 172 g/mol. The summed E-state index contributed by atoms with van der Waals surface area (Å²) in [6.45, 7) is 2.42. The minimum absolute atomic E-state index is 0.346. The van der Waals surface area contributed by atoms with Gasteiger partial charge in [0.25, 0.3) is 0 Å². The molecule has 4 nitrogen and oxygen atoms in total. The van der Waals surface area contributed by atoms with E-state index >= 15 is 0 Å². The number of hydrogen-bond donors (Lipinski definition) is 1. The van der Waals surface area contributed by atoms with Gasteiger partial charge in [-0.1, -0.05) is 13.3 Å². The molecule has 1 N–H and O–H groups in total. The summed E-state index contributed by atoms with van der Waals surface area (Å²) in [5.41, 5.74) is 0. The van der Waals surface area contributed by atoms with Crippen LogP contribution in [0.15, 0.2) is 0 Å². The van der Waals surface area contributed by atoms with Crippen molar-refractivity contribution >= 4 is 11.9 Å². The highest BCUT2D eigenvalue weighted by Gasteiger charge is 2.49. The van der Waals surface area contributed by atoms with Crippen LogP contribution in [0, 0.1) is 11.8 Å². The molecule has 2 atom stereocenters. The number of ether oxygens (including phenoxy) is 1. The second-order valence-corrected chi connectivity index (χ2v) is 3.31. The Labute approximate surface area is 76.9 Å². The van der Waals surface area contributed by atoms with Gasteiger partial charge in [0.05, 0.1) is 18.4 Å². The van der Waals surface area contributed by atoms with Crippen LogP contribution in [0.1, 0.15) is 26.2 Å². The Hall–Kier alpha value is -1.06. The molecule has 13 heavy (non-hydrogen) atoms. The lowest BCUT2D eigenvalue weighted by molar-refractivity contribution is -0.148. The fraction of sp³-hybridized carbons (Fsp3) is 0.778. The van der Waals surface area contributed by atoms with Gasteiger partial charge in [-0.25, -0.2) is 0 Å². The largest absolute Gasteiger partial charge is 0.481 e. The summed E-state index contributed by atoms with van der Waals surface area (Å²) in [5, 5.41) is 8.54. The van der Waals surface area contributed by atoms with Crippen LogP contribution in [0.25, 0.3) is 0 Å². The Morgan fingerprint density at radius 1 is 1.46 bits per heavy atom. The number of hydrogen-bond acceptors (Lipinski definition) is 3. The Morgan fingerprint density at radius 3 is 2.62 bits per heavy atom. The third kappa shape index (κ3) is 2.72. The first-order chi connectivity index (χ1) is 6.16. The zero-order valence-corrected chi connectivity index (χ0v) is 7.66. The normalized spacial score (nSPS) is 25.3. The van der Waals surface area contributed by atoms with Gasteiger partial charge in [0.2, 0.25) is 0 Å². The van der Waals surface area contributed by atoms with Crippen LogP contribution >= 0.6 is 0 Å². The van der Waals surface area contributed by atoms with Crippen molar-refractivity contribution in [3.05, 3.63) is 0 Å².